The molecule has 1 unspecified atom stereocenters. The first-order valence-electron chi connectivity index (χ1n) is 9.37. The molecule has 7 nitrogen and oxygen atoms in total. The molecule has 1 saturated heterocycles. The highest BCUT2D eigenvalue weighted by Gasteiger charge is 2.27. The minimum absolute atomic E-state index is 0.0296. The van der Waals surface area contributed by atoms with Crippen molar-refractivity contribution in [3.8, 4) is 0 Å². The Kier molecular flexibility index (Phi) is 5.54. The molecule has 0 bridgehead atoms. The van der Waals surface area contributed by atoms with Crippen molar-refractivity contribution < 1.29 is 0 Å². The fraction of sp³-hybridized carbons (Fsp3) is 0.722. The summed E-state index contributed by atoms with van der Waals surface area (Å²) in [6, 6.07) is 0.168. The van der Waals surface area contributed by atoms with Crippen molar-refractivity contribution in [3.63, 3.8) is 0 Å². The summed E-state index contributed by atoms with van der Waals surface area (Å²) in [5.74, 6) is 1.43. The van der Waals surface area contributed by atoms with Crippen molar-refractivity contribution in [3.05, 3.63) is 22.4 Å². The van der Waals surface area contributed by atoms with E-state index in [0.29, 0.717) is 23.5 Å². The molecule has 0 aromatic carbocycles. The number of likely N-dealkylation sites (N-methyl/N-ethyl adjacent to an activating group) is 1. The molecule has 1 atom stereocenters. The number of nitrogens with one attached hydrogen (secondary N) is 1. The van der Waals surface area contributed by atoms with Gasteiger partial charge in [0, 0.05) is 32.7 Å². The lowest BCUT2D eigenvalue weighted by molar-refractivity contribution is 0.102. The molecule has 0 saturated carbocycles. The van der Waals surface area contributed by atoms with Gasteiger partial charge in [-0.3, -0.25) is 19.4 Å². The molecule has 25 heavy (non-hydrogen) atoms. The Bertz CT molecular complexity index is 757. The van der Waals surface area contributed by atoms with Crippen LogP contribution in [0.15, 0.2) is 11.0 Å². The second kappa shape index (κ2) is 7.66. The minimum atomic E-state index is 0.0296. The van der Waals surface area contributed by atoms with Crippen LogP contribution >= 0.6 is 0 Å². The van der Waals surface area contributed by atoms with Crippen LogP contribution in [0.3, 0.4) is 0 Å². The summed E-state index contributed by atoms with van der Waals surface area (Å²) in [5.41, 5.74) is 0.635. The molecule has 1 fully saturated rings. The number of nitrogens with zero attached hydrogens (tertiary/aromatic N) is 5. The van der Waals surface area contributed by atoms with Crippen molar-refractivity contribution in [1.29, 1.82) is 0 Å². The van der Waals surface area contributed by atoms with Gasteiger partial charge in [-0.2, -0.15) is 5.10 Å². The molecule has 3 heterocycles. The molecule has 1 N–H and O–H groups in total. The third-order valence-electron chi connectivity index (χ3n) is 5.19. The maximum Gasteiger partial charge on any atom is 0.264 e. The van der Waals surface area contributed by atoms with Crippen LogP contribution in [0.25, 0.3) is 11.0 Å². The number of aromatic nitrogens is 4. The number of fused-ring (bicyclic) bond motifs is 1. The van der Waals surface area contributed by atoms with E-state index in [0.717, 1.165) is 44.8 Å². The molecular weight excluding hydrogens is 316 g/mol. The zero-order chi connectivity index (χ0) is 18.0. The fourth-order valence-electron chi connectivity index (χ4n) is 3.54. The first-order chi connectivity index (χ1) is 12.0. The van der Waals surface area contributed by atoms with Gasteiger partial charge in [0.15, 0.2) is 5.65 Å². The topological polar surface area (TPSA) is 70.0 Å². The van der Waals surface area contributed by atoms with Crippen LogP contribution < -0.4 is 5.56 Å². The summed E-state index contributed by atoms with van der Waals surface area (Å²) in [7, 11) is 2.16. The predicted octanol–water partition coefficient (Wildman–Crippen LogP) is 1.86. The van der Waals surface area contributed by atoms with Gasteiger partial charge in [0.1, 0.15) is 11.2 Å². The van der Waals surface area contributed by atoms with Crippen molar-refractivity contribution in [2.75, 3.05) is 33.2 Å². The number of aromatic amines is 1. The van der Waals surface area contributed by atoms with Gasteiger partial charge in [0.2, 0.25) is 0 Å². The number of H-pyrrole nitrogens is 1. The van der Waals surface area contributed by atoms with Gasteiger partial charge in [-0.25, -0.2) is 4.98 Å². The predicted molar refractivity (Wildman–Crippen MR) is 99.7 cm³/mol. The molecule has 3 rings (SSSR count). The average Bonchev–Trinajstić information content (AvgIpc) is 3.05. The second-order valence-electron chi connectivity index (χ2n) is 7.50. The van der Waals surface area contributed by atoms with E-state index in [2.05, 4.69) is 47.8 Å². The van der Waals surface area contributed by atoms with Crippen LogP contribution in [-0.2, 0) is 6.54 Å². The molecule has 2 aromatic rings. The molecule has 1 aliphatic heterocycles. The highest BCUT2D eigenvalue weighted by atomic mass is 16.1. The first kappa shape index (κ1) is 18.1. The van der Waals surface area contributed by atoms with Gasteiger partial charge in [0.05, 0.1) is 12.2 Å². The highest BCUT2D eigenvalue weighted by molar-refractivity contribution is 5.72. The van der Waals surface area contributed by atoms with Crippen LogP contribution in [-0.4, -0.2) is 62.8 Å². The molecule has 7 heteroatoms. The summed E-state index contributed by atoms with van der Waals surface area (Å²) in [6.07, 6.45) is 3.51. The first-order valence-corrected chi connectivity index (χ1v) is 9.37. The van der Waals surface area contributed by atoms with Crippen molar-refractivity contribution >= 4 is 11.0 Å². The van der Waals surface area contributed by atoms with Gasteiger partial charge in [-0.1, -0.05) is 20.8 Å². The van der Waals surface area contributed by atoms with Crippen molar-refractivity contribution in [2.24, 2.45) is 5.92 Å². The van der Waals surface area contributed by atoms with E-state index in [1.807, 2.05) is 4.57 Å². The maximum atomic E-state index is 13.0. The van der Waals surface area contributed by atoms with E-state index in [9.17, 15) is 4.79 Å². The molecule has 1 aliphatic rings. The Morgan fingerprint density at radius 3 is 2.60 bits per heavy atom. The summed E-state index contributed by atoms with van der Waals surface area (Å²) < 4.78 is 1.89. The average molecular weight is 346 g/mol. The van der Waals surface area contributed by atoms with Crippen LogP contribution in [0.4, 0.5) is 0 Å². The largest absolute Gasteiger partial charge is 0.304 e. The van der Waals surface area contributed by atoms with Gasteiger partial charge in [-0.15, -0.1) is 0 Å². The quantitative estimate of drug-likeness (QED) is 0.865. The van der Waals surface area contributed by atoms with Gasteiger partial charge in [0.25, 0.3) is 5.56 Å². The van der Waals surface area contributed by atoms with E-state index in [-0.39, 0.29) is 11.6 Å². The van der Waals surface area contributed by atoms with Crippen LogP contribution in [0.5, 0.6) is 0 Å². The Morgan fingerprint density at radius 2 is 1.96 bits per heavy atom. The third-order valence-corrected chi connectivity index (χ3v) is 5.19. The maximum absolute atomic E-state index is 13.0. The lowest BCUT2D eigenvalue weighted by Crippen LogP contribution is -2.47. The van der Waals surface area contributed by atoms with Gasteiger partial charge >= 0.3 is 0 Å². The van der Waals surface area contributed by atoms with Crippen molar-refractivity contribution in [1.82, 2.24) is 29.5 Å². The smallest absolute Gasteiger partial charge is 0.264 e. The fourth-order valence-corrected chi connectivity index (χ4v) is 3.54. The van der Waals surface area contributed by atoms with Crippen LogP contribution in [0.2, 0.25) is 0 Å². The lowest BCUT2D eigenvalue weighted by atomic mass is 10.1. The summed E-state index contributed by atoms with van der Waals surface area (Å²) >= 11 is 0. The number of piperazine rings is 1. The number of hydrogen-bond donors (Lipinski definition) is 1. The lowest BCUT2D eigenvalue weighted by Gasteiger charge is -2.37. The molecule has 2 aromatic heterocycles. The normalized spacial score (nSPS) is 18.3. The van der Waals surface area contributed by atoms with Crippen LogP contribution in [0.1, 0.15) is 45.5 Å². The van der Waals surface area contributed by atoms with Crippen molar-refractivity contribution in [2.45, 2.75) is 46.2 Å². The summed E-state index contributed by atoms with van der Waals surface area (Å²) in [4.78, 5) is 22.7. The molecular formula is C18H30N6O. The minimum Gasteiger partial charge on any atom is -0.304 e. The van der Waals surface area contributed by atoms with E-state index in [1.165, 1.54) is 0 Å². The second-order valence-corrected chi connectivity index (χ2v) is 7.50. The SMILES string of the molecule is CCC(c1nc2[nH]ncc2c(=O)n1CCC(C)C)N1CCN(C)CC1. The highest BCUT2D eigenvalue weighted by Crippen LogP contribution is 2.24. The monoisotopic (exact) mass is 346 g/mol. The van der Waals surface area contributed by atoms with E-state index in [4.69, 9.17) is 4.98 Å². The third kappa shape index (κ3) is 3.77. The molecule has 138 valence electrons. The zero-order valence-electron chi connectivity index (χ0n) is 15.8. The Morgan fingerprint density at radius 1 is 1.24 bits per heavy atom. The van der Waals surface area contributed by atoms with E-state index < -0.39 is 0 Å². The summed E-state index contributed by atoms with van der Waals surface area (Å²) in [6.45, 7) is 11.4. The standard InChI is InChI=1S/C18H30N6O/c1-5-15(23-10-8-22(4)9-11-23)17-20-16-14(12-19-21-16)18(25)24(17)7-6-13(2)3/h12-13,15H,5-11H2,1-4H3,(H,19,21). The Labute approximate surface area is 149 Å². The zero-order valence-corrected chi connectivity index (χ0v) is 15.8. The van der Waals surface area contributed by atoms with E-state index in [1.54, 1.807) is 6.20 Å². The number of rotatable bonds is 6. The number of hydrogen-bond acceptors (Lipinski definition) is 5. The summed E-state index contributed by atoms with van der Waals surface area (Å²) in [5, 5.41) is 7.49. The Balaban J connectivity index is 2.02. The van der Waals surface area contributed by atoms with Gasteiger partial charge in [-0.05, 0) is 25.8 Å². The van der Waals surface area contributed by atoms with E-state index >= 15 is 0 Å². The van der Waals surface area contributed by atoms with Gasteiger partial charge < -0.3 is 4.90 Å². The van der Waals surface area contributed by atoms with Crippen LogP contribution in [0, 0.1) is 5.92 Å². The molecule has 0 radical (unpaired) electrons. The molecule has 0 amide bonds. The molecule has 0 spiro atoms. The molecule has 0 aliphatic carbocycles. The Hall–Kier alpha value is -1.73.